The first-order valence-corrected chi connectivity index (χ1v) is 10.1. The number of nitrogens with one attached hydrogen (secondary N) is 1. The average Bonchev–Trinajstić information content (AvgIpc) is 2.90. The summed E-state index contributed by atoms with van der Waals surface area (Å²) in [6.45, 7) is 1.31. The Hall–Kier alpha value is -2.09. The predicted octanol–water partition coefficient (Wildman–Crippen LogP) is 4.12. The van der Waals surface area contributed by atoms with Crippen LogP contribution in [-0.2, 0) is 19.5 Å². The number of hydrogen-bond acceptors (Lipinski definition) is 5. The van der Waals surface area contributed by atoms with E-state index in [9.17, 15) is 4.79 Å². The van der Waals surface area contributed by atoms with E-state index in [1.165, 1.54) is 12.6 Å². The third-order valence-corrected chi connectivity index (χ3v) is 5.58. The number of rotatable bonds is 4. The van der Waals surface area contributed by atoms with E-state index < -0.39 is 5.56 Å². The first-order chi connectivity index (χ1) is 13.5. The highest BCUT2D eigenvalue weighted by Crippen LogP contribution is 2.24. The number of nitrogens with zero attached hydrogens (tertiary/aromatic N) is 5. The molecule has 28 heavy (non-hydrogen) atoms. The molecule has 0 bridgehead atoms. The number of fused-ring (bicyclic) bond motifs is 1. The van der Waals surface area contributed by atoms with Crippen LogP contribution in [0.3, 0.4) is 0 Å². The van der Waals surface area contributed by atoms with E-state index in [-0.39, 0.29) is 5.02 Å². The molecule has 4 rings (SSSR count). The van der Waals surface area contributed by atoms with Crippen molar-refractivity contribution in [3.63, 3.8) is 0 Å². The molecule has 1 aromatic carbocycles. The normalized spacial score (nSPS) is 13.8. The minimum atomic E-state index is -0.476. The molecule has 2 aromatic heterocycles. The van der Waals surface area contributed by atoms with Crippen LogP contribution in [0.5, 0.6) is 0 Å². The van der Waals surface area contributed by atoms with E-state index in [1.807, 2.05) is 0 Å². The van der Waals surface area contributed by atoms with E-state index in [2.05, 4.69) is 25.2 Å². The van der Waals surface area contributed by atoms with E-state index in [0.717, 1.165) is 42.1 Å². The Morgan fingerprint density at radius 1 is 1.11 bits per heavy atom. The molecule has 0 radical (unpaired) electrons. The summed E-state index contributed by atoms with van der Waals surface area (Å²) in [5, 5.41) is 16.7. The second kappa shape index (κ2) is 8.11. The van der Waals surface area contributed by atoms with Crippen LogP contribution in [0.15, 0.2) is 29.2 Å². The number of aromatic nitrogens is 5. The Kier molecular flexibility index (Phi) is 5.57. The van der Waals surface area contributed by atoms with Gasteiger partial charge in [-0.3, -0.25) is 4.79 Å². The molecule has 1 aliphatic rings. The summed E-state index contributed by atoms with van der Waals surface area (Å²) in [6.07, 6.45) is 5.87. The zero-order valence-corrected chi connectivity index (χ0v) is 17.1. The van der Waals surface area contributed by atoms with E-state index >= 15 is 0 Å². The van der Waals surface area contributed by atoms with Gasteiger partial charge in [0.05, 0.1) is 29.1 Å². The van der Waals surface area contributed by atoms with Crippen molar-refractivity contribution in [1.82, 2.24) is 24.5 Å². The minimum absolute atomic E-state index is 0.0246. The van der Waals surface area contributed by atoms with E-state index in [1.54, 1.807) is 18.2 Å². The fourth-order valence-corrected chi connectivity index (χ4v) is 3.92. The van der Waals surface area contributed by atoms with Crippen LogP contribution < -0.4 is 10.9 Å². The lowest BCUT2D eigenvalue weighted by Crippen LogP contribution is -2.23. The first kappa shape index (κ1) is 19.2. The molecule has 0 unspecified atom stereocenters. The Bertz CT molecular complexity index is 1080. The maximum absolute atomic E-state index is 12.7. The maximum atomic E-state index is 12.7. The molecule has 10 heteroatoms. The van der Waals surface area contributed by atoms with Crippen LogP contribution >= 0.6 is 34.8 Å². The zero-order valence-electron chi connectivity index (χ0n) is 14.8. The standard InChI is InChI=1S/C18H17Cl3N6O/c19-11-5-6-14(12(20)8-11)27-18(28)17(21)13(9-23-27)22-10-16-25-24-15-4-2-1-3-7-26(15)16/h5-6,8-9,22H,1-4,7,10H2. The van der Waals surface area contributed by atoms with Crippen LogP contribution in [0.25, 0.3) is 5.69 Å². The molecule has 0 saturated carbocycles. The Morgan fingerprint density at radius 3 is 2.79 bits per heavy atom. The zero-order chi connectivity index (χ0) is 19.7. The molecule has 0 amide bonds. The monoisotopic (exact) mass is 438 g/mol. The lowest BCUT2D eigenvalue weighted by molar-refractivity contribution is 0.610. The SMILES string of the molecule is O=c1c(Cl)c(NCc2nnc3n2CCCCC3)cnn1-c1ccc(Cl)cc1Cl. The second-order valence-electron chi connectivity index (χ2n) is 6.53. The molecule has 0 atom stereocenters. The van der Waals surface area contributed by atoms with E-state index in [4.69, 9.17) is 34.8 Å². The summed E-state index contributed by atoms with van der Waals surface area (Å²) < 4.78 is 3.28. The van der Waals surface area contributed by atoms with Crippen LogP contribution in [0.1, 0.15) is 30.9 Å². The Balaban J connectivity index is 1.58. The van der Waals surface area contributed by atoms with Gasteiger partial charge in [-0.25, -0.2) is 0 Å². The van der Waals surface area contributed by atoms with Crippen molar-refractivity contribution in [2.24, 2.45) is 0 Å². The molecule has 1 aliphatic heterocycles. The number of halogens is 3. The summed E-state index contributed by atoms with van der Waals surface area (Å²) >= 11 is 18.4. The fourth-order valence-electron chi connectivity index (χ4n) is 3.23. The maximum Gasteiger partial charge on any atom is 0.292 e. The molecule has 0 spiro atoms. The molecule has 0 aliphatic carbocycles. The summed E-state index contributed by atoms with van der Waals surface area (Å²) in [6, 6.07) is 4.80. The van der Waals surface area contributed by atoms with Gasteiger partial charge in [-0.1, -0.05) is 41.2 Å². The largest absolute Gasteiger partial charge is 0.375 e. The van der Waals surface area contributed by atoms with Gasteiger partial charge in [0, 0.05) is 18.0 Å². The number of aryl methyl sites for hydroxylation is 1. The smallest absolute Gasteiger partial charge is 0.292 e. The third-order valence-electron chi connectivity index (χ3n) is 4.68. The molecular formula is C18H17Cl3N6O. The van der Waals surface area contributed by atoms with Gasteiger partial charge in [-0.2, -0.15) is 9.78 Å². The van der Waals surface area contributed by atoms with Gasteiger partial charge >= 0.3 is 0 Å². The van der Waals surface area contributed by atoms with Crippen molar-refractivity contribution >= 4 is 40.5 Å². The van der Waals surface area contributed by atoms with Crippen molar-refractivity contribution in [2.75, 3.05) is 5.32 Å². The summed E-state index contributed by atoms with van der Waals surface area (Å²) in [5.74, 6) is 1.82. The van der Waals surface area contributed by atoms with Crippen molar-refractivity contribution in [1.29, 1.82) is 0 Å². The first-order valence-electron chi connectivity index (χ1n) is 8.92. The van der Waals surface area contributed by atoms with Crippen LogP contribution in [0.4, 0.5) is 5.69 Å². The van der Waals surface area contributed by atoms with Crippen molar-refractivity contribution in [2.45, 2.75) is 38.8 Å². The van der Waals surface area contributed by atoms with Gasteiger partial charge in [0.1, 0.15) is 10.8 Å². The van der Waals surface area contributed by atoms with E-state index in [0.29, 0.717) is 28.0 Å². The molecule has 0 saturated heterocycles. The van der Waals surface area contributed by atoms with Gasteiger partial charge in [-0.15, -0.1) is 10.2 Å². The molecule has 146 valence electrons. The quantitative estimate of drug-likeness (QED) is 0.661. The lowest BCUT2D eigenvalue weighted by Gasteiger charge is -2.12. The van der Waals surface area contributed by atoms with Crippen molar-refractivity contribution in [3.05, 3.63) is 61.5 Å². The van der Waals surface area contributed by atoms with Gasteiger partial charge in [0.15, 0.2) is 5.82 Å². The topological polar surface area (TPSA) is 77.6 Å². The highest BCUT2D eigenvalue weighted by molar-refractivity contribution is 6.36. The highest BCUT2D eigenvalue weighted by Gasteiger charge is 2.16. The van der Waals surface area contributed by atoms with Gasteiger partial charge in [0.25, 0.3) is 5.56 Å². The van der Waals surface area contributed by atoms with Crippen molar-refractivity contribution in [3.8, 4) is 5.69 Å². The number of hydrogen-bond donors (Lipinski definition) is 1. The number of benzene rings is 1. The number of anilines is 1. The van der Waals surface area contributed by atoms with Gasteiger partial charge < -0.3 is 9.88 Å². The van der Waals surface area contributed by atoms with Gasteiger partial charge in [-0.05, 0) is 31.0 Å². The van der Waals surface area contributed by atoms with Gasteiger partial charge in [0.2, 0.25) is 0 Å². The van der Waals surface area contributed by atoms with Crippen LogP contribution in [-0.4, -0.2) is 24.5 Å². The molecule has 7 nitrogen and oxygen atoms in total. The van der Waals surface area contributed by atoms with Crippen LogP contribution in [0.2, 0.25) is 15.1 Å². The Labute approximate surface area is 176 Å². The summed E-state index contributed by atoms with van der Waals surface area (Å²) in [4.78, 5) is 12.7. The van der Waals surface area contributed by atoms with Crippen LogP contribution in [0, 0.1) is 0 Å². The Morgan fingerprint density at radius 2 is 1.96 bits per heavy atom. The highest BCUT2D eigenvalue weighted by atomic mass is 35.5. The molecular weight excluding hydrogens is 423 g/mol. The minimum Gasteiger partial charge on any atom is -0.375 e. The predicted molar refractivity (Wildman–Crippen MR) is 110 cm³/mol. The lowest BCUT2D eigenvalue weighted by atomic mass is 10.2. The molecule has 1 N–H and O–H groups in total. The second-order valence-corrected chi connectivity index (χ2v) is 7.75. The molecule has 0 fully saturated rings. The molecule has 3 aromatic rings. The third kappa shape index (κ3) is 3.74. The van der Waals surface area contributed by atoms with Crippen molar-refractivity contribution < 1.29 is 0 Å². The average molecular weight is 440 g/mol. The summed E-state index contributed by atoms with van der Waals surface area (Å²) in [5.41, 5.74) is 0.363. The summed E-state index contributed by atoms with van der Waals surface area (Å²) in [7, 11) is 0. The molecule has 3 heterocycles. The fraction of sp³-hybridized carbons (Fsp3) is 0.333.